The summed E-state index contributed by atoms with van der Waals surface area (Å²) < 4.78 is 25.3. The van der Waals surface area contributed by atoms with Crippen LogP contribution in [0.25, 0.3) is 0 Å². The van der Waals surface area contributed by atoms with Gasteiger partial charge in [0.1, 0.15) is 0 Å². The molecule has 0 amide bonds. The Bertz CT molecular complexity index is 311. The summed E-state index contributed by atoms with van der Waals surface area (Å²) in [5.41, 5.74) is 2.16. The molecule has 0 saturated carbocycles. The predicted molar refractivity (Wildman–Crippen MR) is 63.2 cm³/mol. The molecule has 0 aliphatic carbocycles. The minimum absolute atomic E-state index is 0.267. The Morgan fingerprint density at radius 3 is 2.63 bits per heavy atom. The summed E-state index contributed by atoms with van der Waals surface area (Å²) in [6.45, 7) is 9.04. The van der Waals surface area contributed by atoms with Crippen LogP contribution in [0.4, 0.5) is 8.78 Å². The van der Waals surface area contributed by atoms with E-state index in [4.69, 9.17) is 10.4 Å². The molecule has 0 aromatic carbocycles. The fourth-order valence-electron chi connectivity index (χ4n) is 1.77. The van der Waals surface area contributed by atoms with Crippen molar-refractivity contribution in [3.05, 3.63) is 0 Å². The lowest BCUT2D eigenvalue weighted by atomic mass is 10.1. The first-order valence-corrected chi connectivity index (χ1v) is 5.87. The van der Waals surface area contributed by atoms with Crippen LogP contribution in [-0.4, -0.2) is 47.3 Å². The number of nitrogens with zero attached hydrogens (tertiary/aromatic N) is 2. The van der Waals surface area contributed by atoms with Crippen molar-refractivity contribution in [2.75, 3.05) is 13.1 Å². The monoisotopic (exact) mass is 279 g/mol. The maximum Gasteiger partial charge on any atom is 0.471 e. The van der Waals surface area contributed by atoms with Gasteiger partial charge in [0, 0.05) is 25.2 Å². The van der Waals surface area contributed by atoms with Gasteiger partial charge in [-0.05, 0) is 33.2 Å². The first-order chi connectivity index (χ1) is 8.83. The number of carboxylic acids is 1. The minimum atomic E-state index is -4.18. The molecule has 1 aliphatic heterocycles. The number of nitriles is 1. The number of piperidine rings is 1. The number of hydrogen-bond donors (Lipinski definition) is 2. The summed E-state index contributed by atoms with van der Waals surface area (Å²) in [7, 11) is 0. The first-order valence-electron chi connectivity index (χ1n) is 5.87. The lowest BCUT2D eigenvalue weighted by Gasteiger charge is -2.35. The van der Waals surface area contributed by atoms with E-state index in [9.17, 15) is 13.6 Å². The van der Waals surface area contributed by atoms with E-state index >= 15 is 0 Å². The van der Waals surface area contributed by atoms with E-state index in [0.717, 1.165) is 13.0 Å². The highest BCUT2D eigenvalue weighted by Crippen LogP contribution is 2.17. The first kappa shape index (κ1) is 17.7. The molecule has 0 aromatic rings. The van der Waals surface area contributed by atoms with Crippen molar-refractivity contribution in [3.8, 4) is 6.57 Å². The summed E-state index contributed by atoms with van der Waals surface area (Å²) in [6.07, 6.45) is -2.61. The number of aliphatic carboxylic acids is 1. The molecule has 0 radical (unpaired) electrons. The van der Waals surface area contributed by atoms with Gasteiger partial charge in [-0.25, -0.2) is 14.9 Å². The normalized spacial score (nSPS) is 20.7. The highest BCUT2D eigenvalue weighted by atomic mass is 19.3. The van der Waals surface area contributed by atoms with E-state index in [1.54, 1.807) is 0 Å². The topological polar surface area (TPSA) is 85.6 Å². The van der Waals surface area contributed by atoms with Gasteiger partial charge in [0.05, 0.1) is 0 Å². The molecule has 0 bridgehead atoms. The molecule has 6 nitrogen and oxygen atoms in total. The average molecular weight is 279 g/mol. The lowest BCUT2D eigenvalue weighted by molar-refractivity contribution is -0.275. The van der Waals surface area contributed by atoms with Crippen molar-refractivity contribution in [1.29, 1.82) is 5.26 Å². The van der Waals surface area contributed by atoms with E-state index in [-0.39, 0.29) is 6.04 Å². The third-order valence-electron chi connectivity index (χ3n) is 2.79. The van der Waals surface area contributed by atoms with Gasteiger partial charge in [0.2, 0.25) is 0 Å². The molecule has 1 rings (SSSR count). The van der Waals surface area contributed by atoms with Crippen molar-refractivity contribution >= 4 is 5.97 Å². The lowest BCUT2D eigenvalue weighted by Crippen LogP contribution is -2.50. The zero-order chi connectivity index (χ0) is 15.1. The molecule has 1 unspecified atom stereocenters. The summed E-state index contributed by atoms with van der Waals surface area (Å²) >= 11 is 0. The highest BCUT2D eigenvalue weighted by molar-refractivity contribution is 5.73. The Kier molecular flexibility index (Phi) is 7.44. The predicted octanol–water partition coefficient (Wildman–Crippen LogP) is 1.20. The van der Waals surface area contributed by atoms with E-state index in [1.807, 2.05) is 13.8 Å². The number of halogens is 2. The number of rotatable bonds is 5. The van der Waals surface area contributed by atoms with Crippen LogP contribution in [0.5, 0.6) is 0 Å². The molecule has 0 aromatic heterocycles. The van der Waals surface area contributed by atoms with Gasteiger partial charge in [-0.2, -0.15) is 14.3 Å². The molecule has 1 heterocycles. The molecule has 1 fully saturated rings. The minimum Gasteiger partial charge on any atom is -0.475 e. The molecule has 8 heteroatoms. The Morgan fingerprint density at radius 1 is 1.58 bits per heavy atom. The van der Waals surface area contributed by atoms with Crippen molar-refractivity contribution in [3.63, 3.8) is 0 Å². The SMILES string of the molecule is C#N.CC(C)N1CCCC(NOC(F)(F)C(=O)O)C1. The number of carboxylic acid groups (broad SMARTS) is 1. The number of hydroxylamine groups is 1. The number of likely N-dealkylation sites (tertiary alicyclic amines) is 1. The van der Waals surface area contributed by atoms with Crippen molar-refractivity contribution in [2.45, 2.75) is 44.9 Å². The largest absolute Gasteiger partial charge is 0.475 e. The third-order valence-corrected chi connectivity index (χ3v) is 2.79. The summed E-state index contributed by atoms with van der Waals surface area (Å²) in [5.74, 6) is -2.29. The van der Waals surface area contributed by atoms with Crippen LogP contribution in [0.1, 0.15) is 26.7 Å². The summed E-state index contributed by atoms with van der Waals surface area (Å²) in [5, 5.41) is 14.7. The quantitative estimate of drug-likeness (QED) is 0.735. The van der Waals surface area contributed by atoms with E-state index < -0.39 is 12.1 Å². The van der Waals surface area contributed by atoms with Gasteiger partial charge in [-0.15, -0.1) is 0 Å². The van der Waals surface area contributed by atoms with Crippen molar-refractivity contribution in [1.82, 2.24) is 10.4 Å². The van der Waals surface area contributed by atoms with E-state index in [1.165, 1.54) is 0 Å². The number of nitrogens with one attached hydrogen (secondary N) is 1. The Labute approximate surface area is 110 Å². The van der Waals surface area contributed by atoms with Crippen molar-refractivity contribution < 1.29 is 23.5 Å². The second kappa shape index (κ2) is 7.99. The molecule has 110 valence electrons. The van der Waals surface area contributed by atoms with Crippen LogP contribution in [0.15, 0.2) is 0 Å². The smallest absolute Gasteiger partial charge is 0.471 e. The van der Waals surface area contributed by atoms with Gasteiger partial charge < -0.3 is 5.11 Å². The van der Waals surface area contributed by atoms with Gasteiger partial charge in [-0.3, -0.25) is 4.90 Å². The molecule has 1 atom stereocenters. The van der Waals surface area contributed by atoms with Gasteiger partial charge in [0.25, 0.3) is 0 Å². The molecule has 1 saturated heterocycles. The molecule has 2 N–H and O–H groups in total. The maximum absolute atomic E-state index is 12.7. The maximum atomic E-state index is 12.7. The molecule has 19 heavy (non-hydrogen) atoms. The van der Waals surface area contributed by atoms with E-state index in [2.05, 4.69) is 21.8 Å². The number of hydrogen-bond acceptors (Lipinski definition) is 5. The number of carbonyl (C=O) groups is 1. The zero-order valence-corrected chi connectivity index (χ0v) is 11.0. The fraction of sp³-hybridized carbons (Fsp3) is 0.818. The van der Waals surface area contributed by atoms with Crippen LogP contribution >= 0.6 is 0 Å². The summed E-state index contributed by atoms with van der Waals surface area (Å²) in [4.78, 5) is 16.2. The van der Waals surface area contributed by atoms with Crippen LogP contribution in [0.2, 0.25) is 0 Å². The Morgan fingerprint density at radius 2 is 2.16 bits per heavy atom. The molecule has 1 aliphatic rings. The third kappa shape index (κ3) is 5.92. The summed E-state index contributed by atoms with van der Waals surface area (Å²) in [6, 6.07) is 0.0657. The fourth-order valence-corrected chi connectivity index (χ4v) is 1.77. The second-order valence-electron chi connectivity index (χ2n) is 4.47. The van der Waals surface area contributed by atoms with Gasteiger partial charge in [0.15, 0.2) is 0 Å². The molecule has 0 spiro atoms. The Hall–Kier alpha value is -1.30. The van der Waals surface area contributed by atoms with E-state index in [0.29, 0.717) is 19.0 Å². The van der Waals surface area contributed by atoms with Crippen molar-refractivity contribution in [2.24, 2.45) is 0 Å². The second-order valence-corrected chi connectivity index (χ2v) is 4.47. The van der Waals surface area contributed by atoms with Crippen LogP contribution < -0.4 is 5.48 Å². The number of alkyl halides is 2. The highest BCUT2D eigenvalue weighted by Gasteiger charge is 2.42. The Balaban J connectivity index is 0.00000154. The zero-order valence-electron chi connectivity index (χ0n) is 11.0. The van der Waals surface area contributed by atoms with Crippen LogP contribution in [-0.2, 0) is 9.63 Å². The average Bonchev–Trinajstić information content (AvgIpc) is 2.39. The van der Waals surface area contributed by atoms with Crippen LogP contribution in [0, 0.1) is 11.8 Å². The molecular formula is C11H19F2N3O3. The standard InChI is InChI=1S/C10H18F2N2O3.CHN/c1-7(2)14-5-3-4-8(6-14)13-17-10(11,12)9(15)16;1-2/h7-8,13H,3-6H2,1-2H3,(H,15,16);1H. The van der Waals surface area contributed by atoms with Crippen LogP contribution in [0.3, 0.4) is 0 Å². The molecular weight excluding hydrogens is 260 g/mol. The van der Waals surface area contributed by atoms with Gasteiger partial charge in [-0.1, -0.05) is 0 Å². The van der Waals surface area contributed by atoms with Gasteiger partial charge >= 0.3 is 12.1 Å².